The fourth-order valence-electron chi connectivity index (χ4n) is 3.40. The molecule has 0 amide bonds. The Kier molecular flexibility index (Phi) is 6.43. The van der Waals surface area contributed by atoms with Crippen molar-refractivity contribution in [2.24, 2.45) is 0 Å². The van der Waals surface area contributed by atoms with Gasteiger partial charge in [0.1, 0.15) is 0 Å². The lowest BCUT2D eigenvalue weighted by Gasteiger charge is -2.13. The van der Waals surface area contributed by atoms with Crippen LogP contribution in [0.2, 0.25) is 0 Å². The van der Waals surface area contributed by atoms with Gasteiger partial charge in [-0.2, -0.15) is 18.3 Å². The molecule has 0 fully saturated rings. The van der Waals surface area contributed by atoms with Crippen molar-refractivity contribution < 1.29 is 22.0 Å². The Hall–Kier alpha value is -2.90. The monoisotopic (exact) mass is 423 g/mol. The minimum Gasteiger partial charge on any atom is -0.377 e. The van der Waals surface area contributed by atoms with Gasteiger partial charge in [0.15, 0.2) is 11.6 Å². The second kappa shape index (κ2) is 8.85. The molecule has 1 aliphatic rings. The van der Waals surface area contributed by atoms with Crippen LogP contribution in [0.4, 0.5) is 27.6 Å². The number of allylic oxidation sites excluding steroid dienone is 6. The van der Waals surface area contributed by atoms with Crippen LogP contribution in [0.3, 0.4) is 0 Å². The third-order valence-electron chi connectivity index (χ3n) is 4.76. The van der Waals surface area contributed by atoms with E-state index in [-0.39, 0.29) is 12.5 Å². The highest BCUT2D eigenvalue weighted by Crippen LogP contribution is 2.34. The van der Waals surface area contributed by atoms with Gasteiger partial charge in [-0.3, -0.25) is 4.68 Å². The first-order valence-electron chi connectivity index (χ1n) is 9.64. The average Bonchev–Trinajstić information content (AvgIpc) is 3.25. The van der Waals surface area contributed by atoms with Gasteiger partial charge in [0, 0.05) is 23.9 Å². The minimum atomic E-state index is -4.46. The van der Waals surface area contributed by atoms with Gasteiger partial charge in [-0.15, -0.1) is 0 Å². The van der Waals surface area contributed by atoms with E-state index in [4.69, 9.17) is 0 Å². The number of aromatic nitrogens is 2. The lowest BCUT2D eigenvalue weighted by Crippen LogP contribution is -2.10. The van der Waals surface area contributed by atoms with Crippen LogP contribution in [-0.4, -0.2) is 16.0 Å². The molecule has 1 N–H and O–H groups in total. The summed E-state index contributed by atoms with van der Waals surface area (Å²) in [5.41, 5.74) is 1.25. The van der Waals surface area contributed by atoms with Crippen LogP contribution in [0.15, 0.2) is 54.1 Å². The summed E-state index contributed by atoms with van der Waals surface area (Å²) in [6, 6.07) is 5.08. The van der Waals surface area contributed by atoms with E-state index in [9.17, 15) is 22.0 Å². The van der Waals surface area contributed by atoms with Crippen LogP contribution in [0, 0.1) is 11.6 Å². The number of rotatable bonds is 6. The molecule has 1 unspecified atom stereocenters. The summed E-state index contributed by atoms with van der Waals surface area (Å²) in [5, 5.41) is 7.60. The maximum absolute atomic E-state index is 13.5. The summed E-state index contributed by atoms with van der Waals surface area (Å²) in [6.45, 7) is 3.94. The SMILES string of the molecule is C\C=C/C(=C\C(=C\CC)C(F)(F)F)c1cc2n(n1)CCC2Nc1ccc(F)c(F)c1. The van der Waals surface area contributed by atoms with E-state index in [1.807, 2.05) is 0 Å². The summed E-state index contributed by atoms with van der Waals surface area (Å²) in [6.07, 6.45) is 1.96. The Balaban J connectivity index is 1.91. The first-order chi connectivity index (χ1) is 14.2. The lowest BCUT2D eigenvalue weighted by atomic mass is 10.0. The van der Waals surface area contributed by atoms with Crippen molar-refractivity contribution in [2.45, 2.75) is 45.5 Å². The van der Waals surface area contributed by atoms with Gasteiger partial charge in [0.2, 0.25) is 0 Å². The van der Waals surface area contributed by atoms with E-state index < -0.39 is 23.4 Å². The van der Waals surface area contributed by atoms with Gasteiger partial charge in [0.05, 0.1) is 23.0 Å². The molecule has 8 heteroatoms. The number of halogens is 5. The maximum atomic E-state index is 13.5. The van der Waals surface area contributed by atoms with Gasteiger partial charge >= 0.3 is 6.18 Å². The number of anilines is 1. The minimum absolute atomic E-state index is 0.212. The highest BCUT2D eigenvalue weighted by atomic mass is 19.4. The standard InChI is InChI=1S/C22H22F5N3/c1-3-5-14(11-15(6-4-2)22(25,26)27)20-13-21-19(9-10-30(21)29-20)28-16-7-8-17(23)18(24)12-16/h3,5-8,11-13,19,28H,4,9-10H2,1-2H3/b5-3-,14-11+,15-6-. The number of fused-ring (bicyclic) bond motifs is 1. The van der Waals surface area contributed by atoms with Crippen LogP contribution in [0.25, 0.3) is 5.57 Å². The third-order valence-corrected chi connectivity index (χ3v) is 4.76. The normalized spacial score (nSPS) is 17.6. The molecule has 160 valence electrons. The van der Waals surface area contributed by atoms with E-state index in [1.54, 1.807) is 36.7 Å². The van der Waals surface area contributed by atoms with E-state index >= 15 is 0 Å². The third kappa shape index (κ3) is 4.80. The molecule has 3 rings (SSSR count). The molecule has 1 aromatic heterocycles. The zero-order valence-corrected chi connectivity index (χ0v) is 16.6. The fourth-order valence-corrected chi connectivity index (χ4v) is 3.40. The molecule has 2 aromatic rings. The van der Waals surface area contributed by atoms with Crippen LogP contribution in [0.1, 0.15) is 44.1 Å². The molecule has 0 bridgehead atoms. The second-order valence-electron chi connectivity index (χ2n) is 6.96. The summed E-state index contributed by atoms with van der Waals surface area (Å²) >= 11 is 0. The summed E-state index contributed by atoms with van der Waals surface area (Å²) < 4.78 is 68.3. The van der Waals surface area contributed by atoms with Crippen LogP contribution < -0.4 is 5.32 Å². The number of nitrogens with zero attached hydrogens (tertiary/aromatic N) is 2. The van der Waals surface area contributed by atoms with E-state index in [0.29, 0.717) is 29.9 Å². The molecule has 1 atom stereocenters. The van der Waals surface area contributed by atoms with Crippen molar-refractivity contribution in [3.05, 3.63) is 77.2 Å². The number of hydrogen-bond donors (Lipinski definition) is 1. The predicted octanol–water partition coefficient (Wildman–Crippen LogP) is 6.58. The van der Waals surface area contributed by atoms with Crippen molar-refractivity contribution in [1.29, 1.82) is 0 Å². The van der Waals surface area contributed by atoms with Crippen molar-refractivity contribution in [1.82, 2.24) is 9.78 Å². The number of benzene rings is 1. The zero-order valence-electron chi connectivity index (χ0n) is 16.6. The summed E-state index contributed by atoms with van der Waals surface area (Å²) in [5.74, 6) is -1.88. The van der Waals surface area contributed by atoms with Crippen LogP contribution in [0.5, 0.6) is 0 Å². The van der Waals surface area contributed by atoms with E-state index in [0.717, 1.165) is 30.0 Å². The van der Waals surface area contributed by atoms with Crippen molar-refractivity contribution in [3.8, 4) is 0 Å². The smallest absolute Gasteiger partial charge is 0.377 e. The molecule has 1 aromatic carbocycles. The topological polar surface area (TPSA) is 29.9 Å². The second-order valence-corrected chi connectivity index (χ2v) is 6.96. The molecule has 0 saturated heterocycles. The molecule has 30 heavy (non-hydrogen) atoms. The quantitative estimate of drug-likeness (QED) is 0.420. The van der Waals surface area contributed by atoms with Crippen molar-refractivity contribution >= 4 is 11.3 Å². The number of hydrogen-bond acceptors (Lipinski definition) is 2. The number of aryl methyl sites for hydroxylation is 1. The Morgan fingerprint density at radius 3 is 2.63 bits per heavy atom. The molecule has 0 spiro atoms. The summed E-state index contributed by atoms with van der Waals surface area (Å²) in [4.78, 5) is 0. The Bertz CT molecular complexity index is 999. The average molecular weight is 423 g/mol. The lowest BCUT2D eigenvalue weighted by molar-refractivity contribution is -0.0883. The molecule has 0 aliphatic carbocycles. The van der Waals surface area contributed by atoms with Gasteiger partial charge in [0.25, 0.3) is 0 Å². The first-order valence-corrected chi connectivity index (χ1v) is 9.64. The van der Waals surface area contributed by atoms with Gasteiger partial charge in [-0.25, -0.2) is 8.78 Å². The Labute approximate surface area is 171 Å². The highest BCUT2D eigenvalue weighted by molar-refractivity contribution is 5.74. The molecule has 0 saturated carbocycles. The van der Waals surface area contributed by atoms with Crippen molar-refractivity contribution in [2.75, 3.05) is 5.32 Å². The molecule has 1 aliphatic heterocycles. The fraction of sp³-hybridized carbons (Fsp3) is 0.318. The molecule has 3 nitrogen and oxygen atoms in total. The molecular formula is C22H22F5N3. The molecular weight excluding hydrogens is 401 g/mol. The number of nitrogens with one attached hydrogen (secondary N) is 1. The number of alkyl halides is 3. The van der Waals surface area contributed by atoms with Gasteiger partial charge in [-0.05, 0) is 44.0 Å². The van der Waals surface area contributed by atoms with Gasteiger partial charge < -0.3 is 5.32 Å². The van der Waals surface area contributed by atoms with Crippen LogP contribution >= 0.6 is 0 Å². The highest BCUT2D eigenvalue weighted by Gasteiger charge is 2.32. The Morgan fingerprint density at radius 2 is 2.00 bits per heavy atom. The predicted molar refractivity (Wildman–Crippen MR) is 107 cm³/mol. The van der Waals surface area contributed by atoms with Gasteiger partial charge in [-0.1, -0.05) is 25.2 Å². The van der Waals surface area contributed by atoms with Crippen LogP contribution in [-0.2, 0) is 6.54 Å². The zero-order chi connectivity index (χ0) is 21.9. The Morgan fingerprint density at radius 1 is 1.23 bits per heavy atom. The molecule has 0 radical (unpaired) electrons. The molecule has 2 heterocycles. The van der Waals surface area contributed by atoms with E-state index in [2.05, 4.69) is 10.4 Å². The van der Waals surface area contributed by atoms with E-state index in [1.165, 1.54) is 6.07 Å². The summed E-state index contributed by atoms with van der Waals surface area (Å²) in [7, 11) is 0. The maximum Gasteiger partial charge on any atom is 0.416 e. The van der Waals surface area contributed by atoms with Crippen molar-refractivity contribution in [3.63, 3.8) is 0 Å². The largest absolute Gasteiger partial charge is 0.416 e. The first kappa shape index (κ1) is 21.8.